The Hall–Kier alpha value is -1.71. The second kappa shape index (κ2) is 3.80. The first-order valence-corrected chi connectivity index (χ1v) is 3.70. The van der Waals surface area contributed by atoms with Gasteiger partial charge < -0.3 is 14.9 Å². The van der Waals surface area contributed by atoms with Crippen LogP contribution in [0.4, 0.5) is 0 Å². The summed E-state index contributed by atoms with van der Waals surface area (Å²) in [6, 6.07) is 4.40. The third-order valence-corrected chi connectivity index (χ3v) is 1.54. The van der Waals surface area contributed by atoms with Gasteiger partial charge in [-0.2, -0.15) is 0 Å². The van der Waals surface area contributed by atoms with E-state index in [-0.39, 0.29) is 12.2 Å². The van der Waals surface area contributed by atoms with Gasteiger partial charge in [-0.05, 0) is 17.7 Å². The zero-order valence-corrected chi connectivity index (χ0v) is 7.15. The first-order chi connectivity index (χ1) is 6.11. The predicted molar refractivity (Wildman–Crippen MR) is 46.0 cm³/mol. The van der Waals surface area contributed by atoms with Crippen LogP contribution in [0, 0.1) is 0 Å². The van der Waals surface area contributed by atoms with Crippen molar-refractivity contribution in [2.24, 2.45) is 0 Å². The molecule has 0 radical (unpaired) electrons. The number of benzene rings is 1. The number of methoxy groups -OCH3 is 1. The van der Waals surface area contributed by atoms with Crippen LogP contribution in [0.25, 0.3) is 0 Å². The number of carbonyl (C=O) groups is 1. The van der Waals surface area contributed by atoms with Gasteiger partial charge in [-0.25, -0.2) is 0 Å². The second-order valence-corrected chi connectivity index (χ2v) is 2.61. The molecule has 0 amide bonds. The van der Waals surface area contributed by atoms with E-state index in [1.54, 1.807) is 6.07 Å². The topological polar surface area (TPSA) is 66.8 Å². The third-order valence-electron chi connectivity index (χ3n) is 1.54. The lowest BCUT2D eigenvalue weighted by Crippen LogP contribution is -2.00. The van der Waals surface area contributed by atoms with Gasteiger partial charge in [-0.15, -0.1) is 0 Å². The van der Waals surface area contributed by atoms with Crippen molar-refractivity contribution in [3.05, 3.63) is 23.8 Å². The van der Waals surface area contributed by atoms with Crippen molar-refractivity contribution in [3.8, 4) is 11.5 Å². The Kier molecular flexibility index (Phi) is 2.74. The van der Waals surface area contributed by atoms with Crippen molar-refractivity contribution in [2.75, 3.05) is 7.11 Å². The van der Waals surface area contributed by atoms with Crippen LogP contribution >= 0.6 is 0 Å². The molecule has 0 aromatic heterocycles. The van der Waals surface area contributed by atoms with Crippen molar-refractivity contribution in [3.63, 3.8) is 0 Å². The van der Waals surface area contributed by atoms with E-state index < -0.39 is 5.97 Å². The molecule has 0 aliphatic heterocycles. The molecule has 70 valence electrons. The molecule has 0 unspecified atom stereocenters. The quantitative estimate of drug-likeness (QED) is 0.732. The summed E-state index contributed by atoms with van der Waals surface area (Å²) in [6.45, 7) is 0. The number of phenolic OH excluding ortho intramolecular Hbond substituents is 1. The molecule has 0 aliphatic carbocycles. The summed E-state index contributed by atoms with van der Waals surface area (Å²) in [5.41, 5.74) is 0.518. The summed E-state index contributed by atoms with van der Waals surface area (Å²) in [4.78, 5) is 10.4. The van der Waals surface area contributed by atoms with Gasteiger partial charge in [-0.3, -0.25) is 4.79 Å². The summed E-state index contributed by atoms with van der Waals surface area (Å²) in [5.74, 6) is -0.473. The third kappa shape index (κ3) is 2.66. The van der Waals surface area contributed by atoms with Crippen molar-refractivity contribution in [1.82, 2.24) is 0 Å². The fourth-order valence-electron chi connectivity index (χ4n) is 1.04. The molecule has 0 bridgehead atoms. The Bertz CT molecular complexity index is 319. The highest BCUT2D eigenvalue weighted by Gasteiger charge is 2.04. The molecule has 0 aliphatic rings. The molecule has 2 N–H and O–H groups in total. The Morgan fingerprint density at radius 1 is 1.46 bits per heavy atom. The highest BCUT2D eigenvalue weighted by molar-refractivity contribution is 5.70. The van der Waals surface area contributed by atoms with Crippen molar-refractivity contribution in [1.29, 1.82) is 0 Å². The second-order valence-electron chi connectivity index (χ2n) is 2.61. The predicted octanol–water partition coefficient (Wildman–Crippen LogP) is 1.03. The normalized spacial score (nSPS) is 9.62. The number of rotatable bonds is 3. The maximum Gasteiger partial charge on any atom is 0.307 e. The van der Waals surface area contributed by atoms with Crippen LogP contribution in [-0.2, 0) is 11.2 Å². The maximum atomic E-state index is 10.4. The van der Waals surface area contributed by atoms with Crippen LogP contribution in [0.2, 0.25) is 0 Å². The molecular weight excluding hydrogens is 172 g/mol. The number of phenols is 1. The van der Waals surface area contributed by atoms with Crippen LogP contribution in [0.15, 0.2) is 18.2 Å². The average molecular weight is 182 g/mol. The van der Waals surface area contributed by atoms with Gasteiger partial charge >= 0.3 is 5.97 Å². The molecule has 1 aromatic rings. The number of carboxylic acids is 1. The fourth-order valence-corrected chi connectivity index (χ4v) is 1.04. The molecule has 0 saturated carbocycles. The SMILES string of the molecule is COc1cc(O)cc(CC(=O)O)c1. The molecule has 0 saturated heterocycles. The average Bonchev–Trinajstić information content (AvgIpc) is 2.01. The summed E-state index contributed by atoms with van der Waals surface area (Å²) < 4.78 is 4.86. The molecule has 1 rings (SSSR count). The van der Waals surface area contributed by atoms with E-state index in [0.717, 1.165) is 0 Å². The highest BCUT2D eigenvalue weighted by Crippen LogP contribution is 2.21. The minimum atomic E-state index is -0.937. The van der Waals surface area contributed by atoms with E-state index in [1.807, 2.05) is 0 Å². The monoisotopic (exact) mass is 182 g/mol. The zero-order valence-electron chi connectivity index (χ0n) is 7.15. The number of carboxylic acid groups (broad SMARTS) is 1. The molecular formula is C9H10O4. The summed E-state index contributed by atoms with van der Waals surface area (Å²) in [5, 5.41) is 17.7. The first kappa shape index (κ1) is 9.38. The minimum Gasteiger partial charge on any atom is -0.508 e. The largest absolute Gasteiger partial charge is 0.508 e. The van der Waals surface area contributed by atoms with Crippen molar-refractivity contribution < 1.29 is 19.7 Å². The summed E-state index contributed by atoms with van der Waals surface area (Å²) in [7, 11) is 1.46. The van der Waals surface area contributed by atoms with E-state index in [9.17, 15) is 4.79 Å². The van der Waals surface area contributed by atoms with Crippen LogP contribution in [-0.4, -0.2) is 23.3 Å². The Labute approximate surface area is 75.4 Å². The molecule has 0 spiro atoms. The summed E-state index contributed by atoms with van der Waals surface area (Å²) >= 11 is 0. The first-order valence-electron chi connectivity index (χ1n) is 3.70. The lowest BCUT2D eigenvalue weighted by atomic mass is 10.1. The number of hydrogen-bond donors (Lipinski definition) is 2. The fraction of sp³-hybridized carbons (Fsp3) is 0.222. The molecule has 0 atom stereocenters. The molecule has 13 heavy (non-hydrogen) atoms. The van der Waals surface area contributed by atoms with Gasteiger partial charge in [0.05, 0.1) is 13.5 Å². The number of hydrogen-bond acceptors (Lipinski definition) is 3. The molecule has 0 fully saturated rings. The van der Waals surface area contributed by atoms with Crippen molar-refractivity contribution >= 4 is 5.97 Å². The van der Waals surface area contributed by atoms with Crippen LogP contribution < -0.4 is 4.74 Å². The van der Waals surface area contributed by atoms with E-state index in [4.69, 9.17) is 14.9 Å². The number of aromatic hydroxyl groups is 1. The van der Waals surface area contributed by atoms with Gasteiger partial charge in [0, 0.05) is 6.07 Å². The van der Waals surface area contributed by atoms with E-state index in [1.165, 1.54) is 19.2 Å². The van der Waals surface area contributed by atoms with E-state index >= 15 is 0 Å². The van der Waals surface area contributed by atoms with Gasteiger partial charge in [0.1, 0.15) is 11.5 Å². The molecule has 4 heteroatoms. The Morgan fingerprint density at radius 3 is 2.69 bits per heavy atom. The van der Waals surface area contributed by atoms with Crippen LogP contribution in [0.3, 0.4) is 0 Å². The van der Waals surface area contributed by atoms with Gasteiger partial charge in [0.15, 0.2) is 0 Å². The smallest absolute Gasteiger partial charge is 0.307 e. The van der Waals surface area contributed by atoms with Crippen molar-refractivity contribution in [2.45, 2.75) is 6.42 Å². The molecule has 1 aromatic carbocycles. The van der Waals surface area contributed by atoms with Crippen LogP contribution in [0.5, 0.6) is 11.5 Å². The van der Waals surface area contributed by atoms with E-state index in [0.29, 0.717) is 11.3 Å². The lowest BCUT2D eigenvalue weighted by Gasteiger charge is -2.03. The van der Waals surface area contributed by atoms with Crippen LogP contribution in [0.1, 0.15) is 5.56 Å². The number of aliphatic carboxylic acids is 1. The Balaban J connectivity index is 2.94. The van der Waals surface area contributed by atoms with Gasteiger partial charge in [-0.1, -0.05) is 0 Å². The Morgan fingerprint density at radius 2 is 2.15 bits per heavy atom. The minimum absolute atomic E-state index is 0.00981. The maximum absolute atomic E-state index is 10.4. The van der Waals surface area contributed by atoms with Gasteiger partial charge in [0.2, 0.25) is 0 Å². The van der Waals surface area contributed by atoms with E-state index in [2.05, 4.69) is 0 Å². The molecule has 0 heterocycles. The standard InChI is InChI=1S/C9H10O4/c1-13-8-3-6(4-9(11)12)2-7(10)5-8/h2-3,5,10H,4H2,1H3,(H,11,12). The summed E-state index contributed by atoms with van der Waals surface area (Å²) in [6.07, 6.45) is -0.120. The molecule has 4 nitrogen and oxygen atoms in total. The lowest BCUT2D eigenvalue weighted by molar-refractivity contribution is -0.136. The van der Waals surface area contributed by atoms with Gasteiger partial charge in [0.25, 0.3) is 0 Å². The number of ether oxygens (including phenoxy) is 1. The zero-order chi connectivity index (χ0) is 9.84. The highest BCUT2D eigenvalue weighted by atomic mass is 16.5.